The maximum absolute atomic E-state index is 12.0. The number of carbonyl (C=O) groups is 3. The molecule has 108 valence electrons. The van der Waals surface area contributed by atoms with Crippen LogP contribution in [-0.2, 0) is 14.4 Å². The first-order chi connectivity index (χ1) is 8.90. The molecule has 1 aliphatic heterocycles. The van der Waals surface area contributed by atoms with E-state index in [1.165, 1.54) is 6.92 Å². The number of amides is 2. The molecule has 6 heteroatoms. The molecular weight excluding hydrogens is 248 g/mol. The van der Waals surface area contributed by atoms with Gasteiger partial charge in [-0.2, -0.15) is 0 Å². The molecule has 0 bridgehead atoms. The lowest BCUT2D eigenvalue weighted by Crippen LogP contribution is -2.46. The Kier molecular flexibility index (Phi) is 5.79. The number of rotatable bonds is 5. The van der Waals surface area contributed by atoms with Crippen LogP contribution in [0.4, 0.5) is 0 Å². The molecule has 0 aromatic rings. The molecule has 0 aromatic carbocycles. The maximum Gasteiger partial charge on any atom is 0.303 e. The number of hydrogen-bond acceptors (Lipinski definition) is 3. The van der Waals surface area contributed by atoms with Crippen LogP contribution in [0, 0.1) is 5.92 Å². The Hall–Kier alpha value is -1.59. The molecule has 0 aromatic heterocycles. The van der Waals surface area contributed by atoms with Crippen LogP contribution in [0.25, 0.3) is 0 Å². The van der Waals surface area contributed by atoms with Gasteiger partial charge >= 0.3 is 5.97 Å². The van der Waals surface area contributed by atoms with E-state index in [9.17, 15) is 14.4 Å². The van der Waals surface area contributed by atoms with Gasteiger partial charge in [0.05, 0.1) is 5.92 Å². The van der Waals surface area contributed by atoms with Gasteiger partial charge in [0.2, 0.25) is 11.8 Å². The highest BCUT2D eigenvalue weighted by Crippen LogP contribution is 2.17. The number of carboxylic acid groups (broad SMARTS) is 1. The van der Waals surface area contributed by atoms with Gasteiger partial charge in [-0.3, -0.25) is 14.4 Å². The molecular formula is C13H22N2O4. The van der Waals surface area contributed by atoms with Crippen LogP contribution in [0.5, 0.6) is 0 Å². The van der Waals surface area contributed by atoms with Crippen LogP contribution < -0.4 is 5.32 Å². The van der Waals surface area contributed by atoms with E-state index in [4.69, 9.17) is 5.11 Å². The van der Waals surface area contributed by atoms with Gasteiger partial charge in [-0.25, -0.2) is 0 Å². The molecule has 1 fully saturated rings. The van der Waals surface area contributed by atoms with E-state index < -0.39 is 5.97 Å². The molecule has 0 spiro atoms. The van der Waals surface area contributed by atoms with Crippen molar-refractivity contribution in [2.75, 3.05) is 13.1 Å². The van der Waals surface area contributed by atoms with E-state index in [0.29, 0.717) is 19.5 Å². The predicted octanol–water partition coefficient (Wildman–Crippen LogP) is 0.614. The van der Waals surface area contributed by atoms with Gasteiger partial charge in [-0.1, -0.05) is 0 Å². The molecule has 6 nitrogen and oxygen atoms in total. The van der Waals surface area contributed by atoms with Gasteiger partial charge < -0.3 is 15.3 Å². The van der Waals surface area contributed by atoms with Crippen LogP contribution >= 0.6 is 0 Å². The number of likely N-dealkylation sites (tertiary alicyclic amines) is 1. The Bertz CT molecular complexity index is 357. The summed E-state index contributed by atoms with van der Waals surface area (Å²) < 4.78 is 0. The first-order valence-corrected chi connectivity index (χ1v) is 6.68. The van der Waals surface area contributed by atoms with Gasteiger partial charge in [0.15, 0.2) is 0 Å². The standard InChI is InChI=1S/C13H22N2O4/c1-9(5-6-12(17)18)14-13(19)11-4-3-7-15(8-11)10(2)16/h9,11H,3-8H2,1-2H3,(H,14,19)(H,17,18). The molecule has 1 saturated heterocycles. The summed E-state index contributed by atoms with van der Waals surface area (Å²) in [5, 5.41) is 11.4. The lowest BCUT2D eigenvalue weighted by atomic mass is 9.96. The molecule has 2 N–H and O–H groups in total. The van der Waals surface area contributed by atoms with Crippen molar-refractivity contribution in [3.05, 3.63) is 0 Å². The summed E-state index contributed by atoms with van der Waals surface area (Å²) in [6, 6.07) is -0.156. The third-order valence-electron chi connectivity index (χ3n) is 3.42. The normalized spacial score (nSPS) is 20.7. The van der Waals surface area contributed by atoms with Crippen molar-refractivity contribution < 1.29 is 19.5 Å². The number of carbonyl (C=O) groups excluding carboxylic acids is 2. The summed E-state index contributed by atoms with van der Waals surface area (Å²) in [6.07, 6.45) is 2.08. The number of hydrogen-bond donors (Lipinski definition) is 2. The minimum atomic E-state index is -0.860. The second kappa shape index (κ2) is 7.11. The van der Waals surface area contributed by atoms with Crippen LogP contribution in [0.2, 0.25) is 0 Å². The molecule has 2 amide bonds. The SMILES string of the molecule is CC(=O)N1CCCC(C(=O)NC(C)CCC(=O)O)C1. The van der Waals surface area contributed by atoms with Crippen molar-refractivity contribution >= 4 is 17.8 Å². The highest BCUT2D eigenvalue weighted by atomic mass is 16.4. The molecule has 1 rings (SSSR count). The smallest absolute Gasteiger partial charge is 0.303 e. The lowest BCUT2D eigenvalue weighted by Gasteiger charge is -2.31. The van der Waals surface area contributed by atoms with Gasteiger partial charge in [0.1, 0.15) is 0 Å². The topological polar surface area (TPSA) is 86.7 Å². The van der Waals surface area contributed by atoms with Crippen molar-refractivity contribution in [2.45, 2.75) is 45.6 Å². The van der Waals surface area contributed by atoms with E-state index in [2.05, 4.69) is 5.32 Å². The molecule has 0 radical (unpaired) electrons. The Balaban J connectivity index is 2.40. The van der Waals surface area contributed by atoms with E-state index in [-0.39, 0.29) is 30.2 Å². The monoisotopic (exact) mass is 270 g/mol. The molecule has 1 aliphatic rings. The zero-order chi connectivity index (χ0) is 14.4. The third-order valence-corrected chi connectivity index (χ3v) is 3.42. The highest BCUT2D eigenvalue weighted by Gasteiger charge is 2.27. The Morgan fingerprint density at radius 1 is 1.42 bits per heavy atom. The Morgan fingerprint density at radius 3 is 2.68 bits per heavy atom. The zero-order valence-corrected chi connectivity index (χ0v) is 11.5. The highest BCUT2D eigenvalue weighted by molar-refractivity contribution is 5.81. The van der Waals surface area contributed by atoms with E-state index >= 15 is 0 Å². The van der Waals surface area contributed by atoms with Crippen LogP contribution in [0.3, 0.4) is 0 Å². The fourth-order valence-corrected chi connectivity index (χ4v) is 2.25. The number of nitrogens with zero attached hydrogens (tertiary/aromatic N) is 1. The first kappa shape index (κ1) is 15.5. The molecule has 0 saturated carbocycles. The number of aliphatic carboxylic acids is 1. The fourth-order valence-electron chi connectivity index (χ4n) is 2.25. The van der Waals surface area contributed by atoms with Crippen LogP contribution in [0.1, 0.15) is 39.5 Å². The second-order valence-corrected chi connectivity index (χ2v) is 5.15. The molecule has 1 heterocycles. The van der Waals surface area contributed by atoms with Crippen LogP contribution in [0.15, 0.2) is 0 Å². The average molecular weight is 270 g/mol. The van der Waals surface area contributed by atoms with E-state index in [1.54, 1.807) is 11.8 Å². The largest absolute Gasteiger partial charge is 0.481 e. The van der Waals surface area contributed by atoms with Crippen LogP contribution in [-0.4, -0.2) is 46.9 Å². The van der Waals surface area contributed by atoms with E-state index in [1.807, 2.05) is 0 Å². The first-order valence-electron chi connectivity index (χ1n) is 6.68. The summed E-state index contributed by atoms with van der Waals surface area (Å²) in [6.45, 7) is 4.49. The minimum Gasteiger partial charge on any atom is -0.481 e. The molecule has 0 aliphatic carbocycles. The second-order valence-electron chi connectivity index (χ2n) is 5.15. The molecule has 2 unspecified atom stereocenters. The summed E-state index contributed by atoms with van der Waals surface area (Å²) in [4.78, 5) is 35.5. The van der Waals surface area contributed by atoms with Crippen molar-refractivity contribution in [1.29, 1.82) is 0 Å². The quantitative estimate of drug-likeness (QED) is 0.766. The Labute approximate surface area is 113 Å². The van der Waals surface area contributed by atoms with Crippen molar-refractivity contribution in [1.82, 2.24) is 10.2 Å². The van der Waals surface area contributed by atoms with Gasteiger partial charge in [0, 0.05) is 32.5 Å². The summed E-state index contributed by atoms with van der Waals surface area (Å²) in [5.41, 5.74) is 0. The minimum absolute atomic E-state index is 0.00331. The van der Waals surface area contributed by atoms with Crippen molar-refractivity contribution in [3.63, 3.8) is 0 Å². The van der Waals surface area contributed by atoms with Crippen molar-refractivity contribution in [3.8, 4) is 0 Å². The average Bonchev–Trinajstić information content (AvgIpc) is 2.36. The predicted molar refractivity (Wildman–Crippen MR) is 69.5 cm³/mol. The van der Waals surface area contributed by atoms with Gasteiger partial charge in [-0.05, 0) is 26.2 Å². The zero-order valence-electron chi connectivity index (χ0n) is 11.5. The lowest BCUT2D eigenvalue weighted by molar-refractivity contribution is -0.138. The number of piperidine rings is 1. The number of carboxylic acids is 1. The maximum atomic E-state index is 12.0. The van der Waals surface area contributed by atoms with Gasteiger partial charge in [0.25, 0.3) is 0 Å². The summed E-state index contributed by atoms with van der Waals surface area (Å²) in [5.74, 6) is -1.12. The van der Waals surface area contributed by atoms with Crippen molar-refractivity contribution in [2.24, 2.45) is 5.92 Å². The molecule has 19 heavy (non-hydrogen) atoms. The summed E-state index contributed by atoms with van der Waals surface area (Å²) in [7, 11) is 0. The van der Waals surface area contributed by atoms with Gasteiger partial charge in [-0.15, -0.1) is 0 Å². The fraction of sp³-hybridized carbons (Fsp3) is 0.769. The molecule has 2 atom stereocenters. The Morgan fingerprint density at radius 2 is 2.11 bits per heavy atom. The third kappa shape index (κ3) is 5.28. The summed E-state index contributed by atoms with van der Waals surface area (Å²) >= 11 is 0. The van der Waals surface area contributed by atoms with E-state index in [0.717, 1.165) is 12.8 Å². The number of nitrogens with one attached hydrogen (secondary N) is 1.